The van der Waals surface area contributed by atoms with Crippen LogP contribution in [0.4, 0.5) is 5.69 Å². The van der Waals surface area contributed by atoms with Crippen LogP contribution in [0.3, 0.4) is 0 Å². The van der Waals surface area contributed by atoms with Crippen LogP contribution in [0.2, 0.25) is 0 Å². The van der Waals surface area contributed by atoms with Gasteiger partial charge in [0.25, 0.3) is 5.91 Å². The van der Waals surface area contributed by atoms with Crippen molar-refractivity contribution in [2.75, 3.05) is 25.5 Å². The van der Waals surface area contributed by atoms with Gasteiger partial charge in [0.1, 0.15) is 5.75 Å². The molecule has 0 aliphatic carbocycles. The second kappa shape index (κ2) is 8.90. The monoisotopic (exact) mass is 454 g/mol. The maximum Gasteiger partial charge on any atom is 0.255 e. The van der Waals surface area contributed by atoms with Crippen LogP contribution in [0.25, 0.3) is 10.8 Å². The van der Waals surface area contributed by atoms with Crippen LogP contribution in [0.1, 0.15) is 24.2 Å². The summed E-state index contributed by atoms with van der Waals surface area (Å²) in [6.07, 6.45) is -0.315. The Bertz CT molecular complexity index is 1230. The van der Waals surface area contributed by atoms with Gasteiger partial charge < -0.3 is 14.8 Å². The Balaban J connectivity index is 1.48. The number of benzene rings is 3. The Morgan fingerprint density at radius 1 is 0.969 bits per heavy atom. The number of methoxy groups -OCH3 is 1. The predicted molar refractivity (Wildman–Crippen MR) is 124 cm³/mol. The van der Waals surface area contributed by atoms with E-state index in [0.29, 0.717) is 24.3 Å². The number of carbonyl (C=O) groups excluding carboxylic acids is 1. The maximum absolute atomic E-state index is 13.0. The average Bonchev–Trinajstić information content (AvgIpc) is 2.78. The third-order valence-corrected chi connectivity index (χ3v) is 7.29. The van der Waals surface area contributed by atoms with Gasteiger partial charge in [-0.25, -0.2) is 8.42 Å². The predicted octanol–water partition coefficient (Wildman–Crippen LogP) is 3.90. The van der Waals surface area contributed by atoms with Crippen LogP contribution in [-0.4, -0.2) is 51.0 Å². The summed E-state index contributed by atoms with van der Waals surface area (Å²) in [5.74, 6) is 0.486. The molecule has 3 aromatic carbocycles. The molecule has 1 amide bonds. The van der Waals surface area contributed by atoms with E-state index in [-0.39, 0.29) is 23.0 Å². The molecule has 1 fully saturated rings. The van der Waals surface area contributed by atoms with Crippen LogP contribution in [-0.2, 0) is 14.8 Å². The molecule has 1 heterocycles. The number of ether oxygens (including phenoxy) is 2. The van der Waals surface area contributed by atoms with Gasteiger partial charge in [-0.1, -0.05) is 12.1 Å². The van der Waals surface area contributed by atoms with E-state index in [4.69, 9.17) is 9.47 Å². The van der Waals surface area contributed by atoms with Crippen LogP contribution < -0.4 is 10.1 Å². The summed E-state index contributed by atoms with van der Waals surface area (Å²) >= 11 is 0. The number of fused-ring (bicyclic) bond motifs is 1. The first-order chi connectivity index (χ1) is 15.3. The minimum atomic E-state index is -3.62. The summed E-state index contributed by atoms with van der Waals surface area (Å²) in [5.41, 5.74) is 1.03. The molecular weight excluding hydrogens is 428 g/mol. The van der Waals surface area contributed by atoms with Gasteiger partial charge in [-0.15, -0.1) is 0 Å². The number of rotatable bonds is 5. The van der Waals surface area contributed by atoms with Gasteiger partial charge in [0.05, 0.1) is 24.2 Å². The van der Waals surface area contributed by atoms with Gasteiger partial charge >= 0.3 is 0 Å². The normalized spacial score (nSPS) is 19.6. The van der Waals surface area contributed by atoms with Gasteiger partial charge in [0.15, 0.2) is 0 Å². The Morgan fingerprint density at radius 2 is 1.59 bits per heavy atom. The van der Waals surface area contributed by atoms with Crippen LogP contribution >= 0.6 is 0 Å². The quantitative estimate of drug-likeness (QED) is 0.632. The van der Waals surface area contributed by atoms with Crippen molar-refractivity contribution in [3.8, 4) is 5.75 Å². The van der Waals surface area contributed by atoms with E-state index < -0.39 is 10.0 Å². The molecule has 2 unspecified atom stereocenters. The number of anilines is 1. The largest absolute Gasteiger partial charge is 0.497 e. The zero-order chi connectivity index (χ0) is 22.9. The Kier molecular flexibility index (Phi) is 6.19. The lowest BCUT2D eigenvalue weighted by atomic mass is 10.1. The second-order valence-corrected chi connectivity index (χ2v) is 9.92. The lowest BCUT2D eigenvalue weighted by Gasteiger charge is -2.34. The summed E-state index contributed by atoms with van der Waals surface area (Å²) in [6.45, 7) is 4.36. The molecule has 8 heteroatoms. The molecule has 2 atom stereocenters. The molecular formula is C24H26N2O5S. The molecule has 0 bridgehead atoms. The first kappa shape index (κ1) is 22.3. The first-order valence-corrected chi connectivity index (χ1v) is 11.8. The molecule has 4 rings (SSSR count). The molecule has 7 nitrogen and oxygen atoms in total. The number of hydrogen-bond donors (Lipinski definition) is 1. The van der Waals surface area contributed by atoms with E-state index in [1.165, 1.54) is 16.4 Å². The molecule has 1 saturated heterocycles. The molecule has 0 radical (unpaired) electrons. The second-order valence-electron chi connectivity index (χ2n) is 7.99. The van der Waals surface area contributed by atoms with E-state index in [1.54, 1.807) is 25.3 Å². The summed E-state index contributed by atoms with van der Waals surface area (Å²) in [6, 6.07) is 17.3. The number of carbonyl (C=O) groups is 1. The minimum Gasteiger partial charge on any atom is -0.497 e. The fourth-order valence-electron chi connectivity index (χ4n) is 3.88. The fourth-order valence-corrected chi connectivity index (χ4v) is 5.47. The molecule has 0 saturated carbocycles. The highest BCUT2D eigenvalue weighted by Gasteiger charge is 2.32. The summed E-state index contributed by atoms with van der Waals surface area (Å²) in [4.78, 5) is 12.9. The smallest absolute Gasteiger partial charge is 0.255 e. The van der Waals surface area contributed by atoms with Crippen molar-refractivity contribution < 1.29 is 22.7 Å². The standard InChI is InChI=1S/C24H26N2O5S/c1-16-14-26(15-17(2)31-16)32(28,29)23-10-7-21(8-11-23)25-24(27)20-5-4-19-13-22(30-3)9-6-18(19)12-20/h4-13,16-17H,14-15H2,1-3H3,(H,25,27). The van der Waals surface area contributed by atoms with Crippen molar-refractivity contribution in [2.45, 2.75) is 31.0 Å². The summed E-state index contributed by atoms with van der Waals surface area (Å²) < 4.78 is 38.3. The lowest BCUT2D eigenvalue weighted by molar-refractivity contribution is -0.0440. The SMILES string of the molecule is COc1ccc2cc(C(=O)Nc3ccc(S(=O)(=O)N4CC(C)OC(C)C4)cc3)ccc2c1. The molecule has 1 aliphatic heterocycles. The number of sulfonamides is 1. The van der Waals surface area contributed by atoms with Crippen molar-refractivity contribution in [3.05, 3.63) is 66.2 Å². The lowest BCUT2D eigenvalue weighted by Crippen LogP contribution is -2.48. The molecule has 1 N–H and O–H groups in total. The van der Waals surface area contributed by atoms with Crippen molar-refractivity contribution in [1.82, 2.24) is 4.31 Å². The van der Waals surface area contributed by atoms with Crippen molar-refractivity contribution in [2.24, 2.45) is 0 Å². The Hall–Kier alpha value is -2.94. The number of morpholine rings is 1. The van der Waals surface area contributed by atoms with Gasteiger partial charge in [-0.2, -0.15) is 4.31 Å². The van der Waals surface area contributed by atoms with Gasteiger partial charge in [-0.05, 0) is 73.2 Å². The first-order valence-electron chi connectivity index (χ1n) is 10.4. The van der Waals surface area contributed by atoms with Gasteiger partial charge in [0, 0.05) is 24.3 Å². The molecule has 32 heavy (non-hydrogen) atoms. The van der Waals surface area contributed by atoms with E-state index in [2.05, 4.69) is 5.32 Å². The topological polar surface area (TPSA) is 84.9 Å². The number of amides is 1. The van der Waals surface area contributed by atoms with E-state index in [9.17, 15) is 13.2 Å². The number of nitrogens with zero attached hydrogens (tertiary/aromatic N) is 1. The zero-order valence-electron chi connectivity index (χ0n) is 18.2. The number of nitrogens with one attached hydrogen (secondary N) is 1. The summed E-state index contributed by atoms with van der Waals surface area (Å²) in [5, 5.41) is 4.72. The fraction of sp³-hybridized carbons (Fsp3) is 0.292. The molecule has 0 aromatic heterocycles. The number of hydrogen-bond acceptors (Lipinski definition) is 5. The van der Waals surface area contributed by atoms with Crippen LogP contribution in [0, 0.1) is 0 Å². The maximum atomic E-state index is 13.0. The molecule has 168 valence electrons. The van der Waals surface area contributed by atoms with Crippen molar-refractivity contribution >= 4 is 32.4 Å². The third kappa shape index (κ3) is 4.62. The van der Waals surface area contributed by atoms with Crippen LogP contribution in [0.5, 0.6) is 5.75 Å². The third-order valence-electron chi connectivity index (χ3n) is 5.45. The minimum absolute atomic E-state index is 0.157. The Labute approximate surface area is 188 Å². The zero-order valence-corrected chi connectivity index (χ0v) is 19.1. The van der Waals surface area contributed by atoms with E-state index >= 15 is 0 Å². The van der Waals surface area contributed by atoms with Crippen molar-refractivity contribution in [3.63, 3.8) is 0 Å². The van der Waals surface area contributed by atoms with Crippen molar-refractivity contribution in [1.29, 1.82) is 0 Å². The van der Waals surface area contributed by atoms with Crippen LogP contribution in [0.15, 0.2) is 65.6 Å². The molecule has 1 aliphatic rings. The van der Waals surface area contributed by atoms with E-state index in [1.807, 2.05) is 44.2 Å². The van der Waals surface area contributed by atoms with Gasteiger partial charge in [-0.3, -0.25) is 4.79 Å². The molecule has 3 aromatic rings. The Morgan fingerprint density at radius 3 is 2.25 bits per heavy atom. The average molecular weight is 455 g/mol. The highest BCUT2D eigenvalue weighted by molar-refractivity contribution is 7.89. The molecule has 0 spiro atoms. The van der Waals surface area contributed by atoms with E-state index in [0.717, 1.165) is 16.5 Å². The summed E-state index contributed by atoms with van der Waals surface area (Å²) in [7, 11) is -2.01. The van der Waals surface area contributed by atoms with Gasteiger partial charge in [0.2, 0.25) is 10.0 Å². The highest BCUT2D eigenvalue weighted by atomic mass is 32.2. The highest BCUT2D eigenvalue weighted by Crippen LogP contribution is 2.24.